The Kier molecular flexibility index (Phi) is 4.89. The Morgan fingerprint density at radius 2 is 2.29 bits per heavy atom. The number of alkyl halides is 2. The van der Waals surface area contributed by atoms with Crippen molar-refractivity contribution in [2.24, 2.45) is 7.05 Å². The van der Waals surface area contributed by atoms with E-state index in [0.29, 0.717) is 5.02 Å². The first-order chi connectivity index (χ1) is 7.95. The lowest BCUT2D eigenvalue weighted by Crippen LogP contribution is -2.38. The first-order valence-electron chi connectivity index (χ1n) is 4.96. The molecule has 0 spiro atoms. The van der Waals surface area contributed by atoms with Crippen molar-refractivity contribution in [3.63, 3.8) is 0 Å². The van der Waals surface area contributed by atoms with Crippen molar-refractivity contribution in [2.75, 3.05) is 19.7 Å². The van der Waals surface area contributed by atoms with E-state index in [9.17, 15) is 13.6 Å². The van der Waals surface area contributed by atoms with Gasteiger partial charge in [0.15, 0.2) is 0 Å². The highest BCUT2D eigenvalue weighted by atomic mass is 35.5. The van der Waals surface area contributed by atoms with Gasteiger partial charge in [0.2, 0.25) is 0 Å². The number of aryl methyl sites for hydroxylation is 1. The summed E-state index contributed by atoms with van der Waals surface area (Å²) in [5.74, 6) is -0.575. The number of aromatic nitrogens is 1. The van der Waals surface area contributed by atoms with Crippen LogP contribution in [-0.2, 0) is 7.05 Å². The molecule has 0 aliphatic heterocycles. The number of nitrogens with zero attached hydrogens (tertiary/aromatic N) is 2. The van der Waals surface area contributed by atoms with Crippen LogP contribution in [0.5, 0.6) is 0 Å². The molecule has 0 saturated heterocycles. The van der Waals surface area contributed by atoms with Gasteiger partial charge in [-0.1, -0.05) is 11.6 Å². The fourth-order valence-corrected chi connectivity index (χ4v) is 1.71. The van der Waals surface area contributed by atoms with Crippen LogP contribution in [0.2, 0.25) is 5.02 Å². The van der Waals surface area contributed by atoms with Crippen LogP contribution in [0.25, 0.3) is 0 Å². The maximum atomic E-state index is 12.3. The number of carbonyl (C=O) groups excluding carboxylic acids is 1. The molecule has 1 rings (SSSR count). The van der Waals surface area contributed by atoms with E-state index in [1.807, 2.05) is 0 Å². The summed E-state index contributed by atoms with van der Waals surface area (Å²) in [6.45, 7) is -1.20. The van der Waals surface area contributed by atoms with E-state index in [1.165, 1.54) is 16.8 Å². The molecule has 1 N–H and O–H groups in total. The molecule has 0 radical (unpaired) electrons. The normalized spacial score (nSPS) is 10.9. The Morgan fingerprint density at radius 1 is 1.65 bits per heavy atom. The summed E-state index contributed by atoms with van der Waals surface area (Å²) in [5, 5.41) is 9.11. The smallest absolute Gasteiger partial charge is 0.270 e. The molecule has 0 saturated carbocycles. The van der Waals surface area contributed by atoms with Gasteiger partial charge >= 0.3 is 0 Å². The maximum Gasteiger partial charge on any atom is 0.270 e. The Balaban J connectivity index is 2.87. The molecule has 0 atom stereocenters. The molecule has 7 heteroatoms. The highest BCUT2D eigenvalue weighted by Gasteiger charge is 2.21. The number of rotatable bonds is 5. The first-order valence-corrected chi connectivity index (χ1v) is 5.33. The molecular formula is C10H13ClF2N2O2. The van der Waals surface area contributed by atoms with Crippen molar-refractivity contribution >= 4 is 17.5 Å². The van der Waals surface area contributed by atoms with Gasteiger partial charge in [-0.15, -0.1) is 0 Å². The largest absolute Gasteiger partial charge is 0.395 e. The summed E-state index contributed by atoms with van der Waals surface area (Å²) in [7, 11) is 1.60. The van der Waals surface area contributed by atoms with Crippen LogP contribution in [0.3, 0.4) is 0 Å². The van der Waals surface area contributed by atoms with Crippen molar-refractivity contribution in [3.8, 4) is 0 Å². The molecule has 17 heavy (non-hydrogen) atoms. The highest BCUT2D eigenvalue weighted by molar-refractivity contribution is 6.31. The molecule has 0 aliphatic rings. The van der Waals surface area contributed by atoms with Crippen molar-refractivity contribution in [1.82, 2.24) is 9.47 Å². The number of amides is 1. The van der Waals surface area contributed by atoms with E-state index in [2.05, 4.69) is 0 Å². The molecular weight excluding hydrogens is 254 g/mol. The summed E-state index contributed by atoms with van der Waals surface area (Å²) < 4.78 is 26.0. The van der Waals surface area contributed by atoms with Crippen molar-refractivity contribution < 1.29 is 18.7 Å². The maximum absolute atomic E-state index is 12.3. The first kappa shape index (κ1) is 13.9. The Labute approximate surface area is 102 Å². The lowest BCUT2D eigenvalue weighted by atomic mass is 10.3. The van der Waals surface area contributed by atoms with Crippen molar-refractivity contribution in [2.45, 2.75) is 6.43 Å². The summed E-state index contributed by atoms with van der Waals surface area (Å²) in [5.41, 5.74) is 0.212. The number of hydrogen-bond donors (Lipinski definition) is 1. The van der Waals surface area contributed by atoms with Crippen molar-refractivity contribution in [3.05, 3.63) is 23.0 Å². The average Bonchev–Trinajstić information content (AvgIpc) is 2.55. The molecule has 0 unspecified atom stereocenters. The van der Waals surface area contributed by atoms with Gasteiger partial charge in [-0.25, -0.2) is 8.78 Å². The fraction of sp³-hybridized carbons (Fsp3) is 0.500. The van der Waals surface area contributed by atoms with E-state index >= 15 is 0 Å². The van der Waals surface area contributed by atoms with E-state index in [1.54, 1.807) is 7.05 Å². The zero-order chi connectivity index (χ0) is 13.0. The Morgan fingerprint density at radius 3 is 2.71 bits per heavy atom. The second kappa shape index (κ2) is 5.97. The fourth-order valence-electron chi connectivity index (χ4n) is 1.46. The Hall–Kier alpha value is -1.14. The number of aliphatic hydroxyl groups excluding tert-OH is 1. The number of halogens is 3. The van der Waals surface area contributed by atoms with E-state index in [4.69, 9.17) is 16.7 Å². The molecule has 1 heterocycles. The minimum atomic E-state index is -2.64. The molecule has 0 aromatic carbocycles. The predicted molar refractivity (Wildman–Crippen MR) is 59.4 cm³/mol. The summed E-state index contributed by atoms with van der Waals surface area (Å²) in [6, 6.07) is 1.40. The molecule has 0 bridgehead atoms. The van der Waals surface area contributed by atoms with Crippen LogP contribution in [0, 0.1) is 0 Å². The lowest BCUT2D eigenvalue weighted by molar-refractivity contribution is 0.0501. The standard InChI is InChI=1S/C10H13ClF2N2O2/c1-14-5-7(11)4-8(14)10(17)15(2-3-16)6-9(12)13/h4-5,9,16H,2-3,6H2,1H3. The van der Waals surface area contributed by atoms with Crippen LogP contribution in [0.1, 0.15) is 10.5 Å². The van der Waals surface area contributed by atoms with Gasteiger partial charge in [0.25, 0.3) is 12.3 Å². The van der Waals surface area contributed by atoms with Gasteiger partial charge in [0.1, 0.15) is 5.69 Å². The van der Waals surface area contributed by atoms with Gasteiger partial charge in [-0.05, 0) is 6.07 Å². The molecule has 1 aromatic rings. The minimum Gasteiger partial charge on any atom is -0.395 e. The van der Waals surface area contributed by atoms with Crippen LogP contribution in [-0.4, -0.2) is 46.6 Å². The number of hydrogen-bond acceptors (Lipinski definition) is 2. The monoisotopic (exact) mass is 266 g/mol. The lowest BCUT2D eigenvalue weighted by Gasteiger charge is -2.21. The van der Waals surface area contributed by atoms with Gasteiger partial charge in [-0.3, -0.25) is 4.79 Å². The molecule has 0 fully saturated rings. The zero-order valence-corrected chi connectivity index (χ0v) is 9.99. The highest BCUT2D eigenvalue weighted by Crippen LogP contribution is 2.15. The third kappa shape index (κ3) is 3.67. The molecule has 1 amide bonds. The Bertz CT molecular complexity index is 396. The number of carbonyl (C=O) groups is 1. The van der Waals surface area contributed by atoms with Gasteiger partial charge in [-0.2, -0.15) is 0 Å². The van der Waals surface area contributed by atoms with Crippen LogP contribution < -0.4 is 0 Å². The van der Waals surface area contributed by atoms with Crippen molar-refractivity contribution in [1.29, 1.82) is 0 Å². The third-order valence-corrected chi connectivity index (χ3v) is 2.41. The summed E-state index contributed by atoms with van der Waals surface area (Å²) >= 11 is 5.71. The third-order valence-electron chi connectivity index (χ3n) is 2.21. The van der Waals surface area contributed by atoms with E-state index in [0.717, 1.165) is 4.90 Å². The summed E-state index contributed by atoms with van der Waals surface area (Å²) in [4.78, 5) is 12.8. The zero-order valence-electron chi connectivity index (χ0n) is 9.24. The van der Waals surface area contributed by atoms with Crippen LogP contribution in [0.4, 0.5) is 8.78 Å². The predicted octanol–water partition coefficient (Wildman–Crippen LogP) is 1.38. The van der Waals surface area contributed by atoms with Crippen LogP contribution >= 0.6 is 11.6 Å². The second-order valence-corrected chi connectivity index (χ2v) is 3.96. The molecule has 96 valence electrons. The second-order valence-electron chi connectivity index (χ2n) is 3.52. The summed E-state index contributed by atoms with van der Waals surface area (Å²) in [6.07, 6.45) is -1.13. The van der Waals surface area contributed by atoms with E-state index < -0.39 is 18.9 Å². The quantitative estimate of drug-likeness (QED) is 0.875. The van der Waals surface area contributed by atoms with Gasteiger partial charge in [0, 0.05) is 19.8 Å². The molecule has 0 aliphatic carbocycles. The van der Waals surface area contributed by atoms with E-state index in [-0.39, 0.29) is 18.8 Å². The molecule has 1 aromatic heterocycles. The molecule has 4 nitrogen and oxygen atoms in total. The van der Waals surface area contributed by atoms with Gasteiger partial charge in [0.05, 0.1) is 18.2 Å². The number of aliphatic hydroxyl groups is 1. The van der Waals surface area contributed by atoms with Gasteiger partial charge < -0.3 is 14.6 Å². The minimum absolute atomic E-state index is 0.133. The topological polar surface area (TPSA) is 45.5 Å². The average molecular weight is 267 g/mol. The SMILES string of the molecule is Cn1cc(Cl)cc1C(=O)N(CCO)CC(F)F. The van der Waals surface area contributed by atoms with Crippen LogP contribution in [0.15, 0.2) is 12.3 Å².